The molecule has 71 heavy (non-hydrogen) atoms. The Morgan fingerprint density at radius 1 is 0.296 bits per heavy atom. The third-order valence-corrected chi connectivity index (χ3v) is 12.2. The maximum Gasteiger partial charge on any atom is 0.306 e. The fraction of sp³-hybridized carbons (Fsp3) is 0.677. The first-order valence-electron chi connectivity index (χ1n) is 29.4. The normalized spacial score (nSPS) is 12.9. The van der Waals surface area contributed by atoms with Crippen molar-refractivity contribution in [1.29, 1.82) is 0 Å². The van der Waals surface area contributed by atoms with Crippen molar-refractivity contribution >= 4 is 17.9 Å². The Bertz CT molecular complexity index is 1460. The number of allylic oxidation sites excluding steroid dienone is 18. The minimum atomic E-state index is -0.803. The first kappa shape index (κ1) is 67.1. The molecule has 0 spiro atoms. The average Bonchev–Trinajstić information content (AvgIpc) is 3.37. The van der Waals surface area contributed by atoms with Gasteiger partial charge in [0.05, 0.1) is 0 Å². The second-order valence-electron chi connectivity index (χ2n) is 19.1. The molecule has 0 amide bonds. The monoisotopic (exact) mass is 985 g/mol. The van der Waals surface area contributed by atoms with Crippen molar-refractivity contribution in [3.05, 3.63) is 109 Å². The van der Waals surface area contributed by atoms with Gasteiger partial charge in [0.15, 0.2) is 6.10 Å². The molecule has 1 atom stereocenters. The van der Waals surface area contributed by atoms with Gasteiger partial charge in [0, 0.05) is 19.3 Å². The van der Waals surface area contributed by atoms with Crippen LogP contribution in [-0.2, 0) is 28.6 Å². The molecule has 0 aliphatic carbocycles. The van der Waals surface area contributed by atoms with Crippen molar-refractivity contribution in [1.82, 2.24) is 0 Å². The minimum Gasteiger partial charge on any atom is -0.462 e. The van der Waals surface area contributed by atoms with E-state index in [1.165, 1.54) is 89.9 Å². The van der Waals surface area contributed by atoms with Crippen LogP contribution in [0.3, 0.4) is 0 Å². The summed E-state index contributed by atoms with van der Waals surface area (Å²) in [5.41, 5.74) is 0. The highest BCUT2D eigenvalue weighted by atomic mass is 16.6. The fourth-order valence-electron chi connectivity index (χ4n) is 7.89. The summed E-state index contributed by atoms with van der Waals surface area (Å²) in [5.74, 6) is -0.948. The zero-order valence-corrected chi connectivity index (χ0v) is 46.2. The Hall–Kier alpha value is -3.93. The summed E-state index contributed by atoms with van der Waals surface area (Å²) in [6.07, 6.45) is 79.3. The second kappa shape index (κ2) is 58.6. The number of unbranched alkanes of at least 4 members (excludes halogenated alkanes) is 23. The molecule has 0 N–H and O–H groups in total. The van der Waals surface area contributed by atoms with E-state index in [9.17, 15) is 14.4 Å². The van der Waals surface area contributed by atoms with E-state index in [4.69, 9.17) is 14.2 Å². The van der Waals surface area contributed by atoms with E-state index in [1.807, 2.05) is 0 Å². The van der Waals surface area contributed by atoms with Gasteiger partial charge in [-0.05, 0) is 122 Å². The molecule has 6 nitrogen and oxygen atoms in total. The Morgan fingerprint density at radius 2 is 0.549 bits per heavy atom. The van der Waals surface area contributed by atoms with E-state index >= 15 is 0 Å². The Balaban J connectivity index is 4.47. The summed E-state index contributed by atoms with van der Waals surface area (Å²) in [7, 11) is 0. The highest BCUT2D eigenvalue weighted by molar-refractivity contribution is 5.71. The molecule has 0 aliphatic heterocycles. The summed E-state index contributed by atoms with van der Waals surface area (Å²) in [6, 6.07) is 0. The molecule has 0 aromatic rings. The summed E-state index contributed by atoms with van der Waals surface area (Å²) < 4.78 is 16.8. The first-order chi connectivity index (χ1) is 35.0. The van der Waals surface area contributed by atoms with Crippen LogP contribution < -0.4 is 0 Å². The zero-order chi connectivity index (χ0) is 51.4. The number of esters is 3. The molecule has 0 fully saturated rings. The van der Waals surface area contributed by atoms with E-state index < -0.39 is 6.10 Å². The van der Waals surface area contributed by atoms with Crippen molar-refractivity contribution in [2.24, 2.45) is 0 Å². The van der Waals surface area contributed by atoms with E-state index in [0.717, 1.165) is 135 Å². The van der Waals surface area contributed by atoms with Crippen LogP contribution in [0.4, 0.5) is 0 Å². The maximum absolute atomic E-state index is 12.9. The van der Waals surface area contributed by atoms with Gasteiger partial charge in [-0.25, -0.2) is 0 Å². The fourth-order valence-corrected chi connectivity index (χ4v) is 7.89. The van der Waals surface area contributed by atoms with Crippen molar-refractivity contribution in [2.75, 3.05) is 13.2 Å². The lowest BCUT2D eigenvalue weighted by molar-refractivity contribution is -0.167. The van der Waals surface area contributed by atoms with Crippen LogP contribution in [0.1, 0.15) is 265 Å². The van der Waals surface area contributed by atoms with Gasteiger partial charge in [-0.1, -0.05) is 233 Å². The van der Waals surface area contributed by atoms with Gasteiger partial charge in [0.25, 0.3) is 0 Å². The van der Waals surface area contributed by atoms with Gasteiger partial charge < -0.3 is 14.2 Å². The largest absolute Gasteiger partial charge is 0.462 e. The van der Waals surface area contributed by atoms with Gasteiger partial charge in [0.1, 0.15) is 13.2 Å². The molecule has 0 aromatic heterocycles. The number of ether oxygens (including phenoxy) is 3. The highest BCUT2D eigenvalue weighted by Crippen LogP contribution is 2.15. The Labute approximate surface area is 438 Å². The SMILES string of the molecule is CC/C=C/C/C=C/C/C=C/C/C=C/C/C=C/CCCCCC(=O)OC[C@@H](COC(=O)CCCCCCC/C=C/C/C=C/C/C=C/CC)OC(=O)CCCCCCCCCCC/C=C/CCCCCCCC. The number of hydrogen-bond acceptors (Lipinski definition) is 6. The summed E-state index contributed by atoms with van der Waals surface area (Å²) in [5, 5.41) is 0. The lowest BCUT2D eigenvalue weighted by atomic mass is 10.1. The summed E-state index contributed by atoms with van der Waals surface area (Å²) in [6.45, 7) is 6.37. The molecule has 0 aromatic carbocycles. The second-order valence-corrected chi connectivity index (χ2v) is 19.1. The van der Waals surface area contributed by atoms with Crippen LogP contribution in [0.2, 0.25) is 0 Å². The van der Waals surface area contributed by atoms with Crippen LogP contribution in [0.15, 0.2) is 109 Å². The third-order valence-electron chi connectivity index (χ3n) is 12.2. The number of rotatable bonds is 52. The van der Waals surface area contributed by atoms with E-state index in [0.29, 0.717) is 19.3 Å². The number of carbonyl (C=O) groups is 3. The quantitative estimate of drug-likeness (QED) is 0.0261. The predicted octanol–water partition coefficient (Wildman–Crippen LogP) is 19.9. The number of carbonyl (C=O) groups excluding carboxylic acids is 3. The standard InChI is InChI=1S/C65H108O6/c1-4-7-10-13-16-19-22-25-28-30-32-34-37-40-43-46-49-52-55-58-64(67)70-61-62(60-69-63(66)57-54-51-48-45-42-39-36-27-24-21-18-15-12-9-6-3)71-65(68)59-56-53-50-47-44-41-38-35-33-31-29-26-23-20-17-14-11-8-5-2/h7,9-10,12,16,18-19,21,25-29,32,34,36,40,43,62H,4-6,8,11,13-15,17,20,22-24,30-31,33,35,37-39,41-42,44-61H2,1-3H3/b10-7+,12-9+,19-16+,21-18+,28-25+,29-26+,34-32+,36-27+,43-40+/t62-/m1/s1. The molecule has 404 valence electrons. The van der Waals surface area contributed by atoms with E-state index in [2.05, 4.69) is 130 Å². The van der Waals surface area contributed by atoms with Crippen molar-refractivity contribution < 1.29 is 28.6 Å². The summed E-state index contributed by atoms with van der Waals surface area (Å²) in [4.78, 5) is 38.2. The topological polar surface area (TPSA) is 78.9 Å². The van der Waals surface area contributed by atoms with Crippen LogP contribution in [0.5, 0.6) is 0 Å². The van der Waals surface area contributed by atoms with Crippen LogP contribution in [0.25, 0.3) is 0 Å². The Kier molecular flexibility index (Phi) is 55.4. The lowest BCUT2D eigenvalue weighted by Gasteiger charge is -2.18. The van der Waals surface area contributed by atoms with E-state index in [-0.39, 0.29) is 31.1 Å². The number of hydrogen-bond donors (Lipinski definition) is 0. The molecule has 0 aliphatic rings. The van der Waals surface area contributed by atoms with Gasteiger partial charge in [0.2, 0.25) is 0 Å². The van der Waals surface area contributed by atoms with Gasteiger partial charge in [-0.3, -0.25) is 14.4 Å². The molecule has 0 saturated carbocycles. The molecule has 0 bridgehead atoms. The van der Waals surface area contributed by atoms with Gasteiger partial charge in [-0.2, -0.15) is 0 Å². The van der Waals surface area contributed by atoms with Crippen LogP contribution in [-0.4, -0.2) is 37.2 Å². The lowest BCUT2D eigenvalue weighted by Crippen LogP contribution is -2.30. The van der Waals surface area contributed by atoms with Crippen LogP contribution >= 0.6 is 0 Å². The minimum absolute atomic E-state index is 0.0997. The molecule has 0 unspecified atom stereocenters. The van der Waals surface area contributed by atoms with Gasteiger partial charge in [-0.15, -0.1) is 0 Å². The van der Waals surface area contributed by atoms with Crippen molar-refractivity contribution in [3.63, 3.8) is 0 Å². The summed E-state index contributed by atoms with van der Waals surface area (Å²) >= 11 is 0. The molecule has 6 heteroatoms. The molecular weight excluding hydrogens is 877 g/mol. The van der Waals surface area contributed by atoms with Crippen molar-refractivity contribution in [2.45, 2.75) is 271 Å². The Morgan fingerprint density at radius 3 is 0.887 bits per heavy atom. The maximum atomic E-state index is 12.9. The average molecular weight is 986 g/mol. The zero-order valence-electron chi connectivity index (χ0n) is 46.2. The molecule has 0 radical (unpaired) electrons. The predicted molar refractivity (Wildman–Crippen MR) is 307 cm³/mol. The van der Waals surface area contributed by atoms with Crippen LogP contribution in [0, 0.1) is 0 Å². The smallest absolute Gasteiger partial charge is 0.306 e. The molecule has 0 heterocycles. The molecular formula is C65H108O6. The first-order valence-corrected chi connectivity index (χ1v) is 29.4. The molecule has 0 rings (SSSR count). The van der Waals surface area contributed by atoms with E-state index in [1.54, 1.807) is 0 Å². The molecule has 0 saturated heterocycles. The third kappa shape index (κ3) is 56.9. The van der Waals surface area contributed by atoms with Crippen molar-refractivity contribution in [3.8, 4) is 0 Å². The highest BCUT2D eigenvalue weighted by Gasteiger charge is 2.19. The van der Waals surface area contributed by atoms with Gasteiger partial charge >= 0.3 is 17.9 Å².